The summed E-state index contributed by atoms with van der Waals surface area (Å²) < 4.78 is 38.5. The molecule has 8 rings (SSSR count). The van der Waals surface area contributed by atoms with Gasteiger partial charge in [-0.1, -0.05) is 6.07 Å². The summed E-state index contributed by atoms with van der Waals surface area (Å²) in [5.74, 6) is -0.173. The molecule has 2 N–H and O–H groups in total. The predicted octanol–water partition coefficient (Wildman–Crippen LogP) is 5.14. The van der Waals surface area contributed by atoms with Gasteiger partial charge >= 0.3 is 26.8 Å². The van der Waals surface area contributed by atoms with E-state index in [1.807, 2.05) is 20.8 Å². The van der Waals surface area contributed by atoms with E-state index in [2.05, 4.69) is 26.9 Å². The number of anilines is 1. The summed E-state index contributed by atoms with van der Waals surface area (Å²) >= 11 is 0. The number of fused-ring (bicyclic) bond motifs is 4. The third-order valence-electron chi connectivity index (χ3n) is 12.0. The fraction of sp³-hybridized carbons (Fsp3) is 0.511. The number of rotatable bonds is 16. The molecule has 59 heavy (non-hydrogen) atoms. The number of carboxylic acids is 1. The first-order valence-electron chi connectivity index (χ1n) is 21.6. The molecule has 0 spiro atoms. The zero-order valence-electron chi connectivity index (χ0n) is 34.5. The van der Waals surface area contributed by atoms with Gasteiger partial charge in [0.2, 0.25) is 5.36 Å². The Kier molecular flexibility index (Phi) is 12.4. The number of esters is 1. The molecule has 5 aliphatic rings. The number of aryl methyl sites for hydroxylation is 2. The Morgan fingerprint density at radius 1 is 0.814 bits per heavy atom. The fourth-order valence-corrected chi connectivity index (χ4v) is 12.4. The summed E-state index contributed by atoms with van der Waals surface area (Å²) in [6.45, 7) is 11.1. The van der Waals surface area contributed by atoms with Crippen molar-refractivity contribution in [1.82, 2.24) is 9.89 Å². The van der Waals surface area contributed by atoms with E-state index in [0.717, 1.165) is 105 Å². The van der Waals surface area contributed by atoms with Crippen LogP contribution >= 0.6 is 0 Å². The molecule has 314 valence electrons. The van der Waals surface area contributed by atoms with E-state index in [0.29, 0.717) is 44.4 Å². The number of nitrogens with one attached hydrogen (secondary N) is 1. The Balaban J connectivity index is 1.09. The Labute approximate surface area is 346 Å². The van der Waals surface area contributed by atoms with Gasteiger partial charge in [-0.3, -0.25) is 0 Å². The Morgan fingerprint density at radius 3 is 2.25 bits per heavy atom. The summed E-state index contributed by atoms with van der Waals surface area (Å²) in [5, 5.41) is 15.0. The van der Waals surface area contributed by atoms with Gasteiger partial charge in [0.15, 0.2) is 0 Å². The number of alkyl carbamates (subject to hydrolysis) is 1. The van der Waals surface area contributed by atoms with Crippen molar-refractivity contribution in [2.75, 3.05) is 70.7 Å². The molecule has 3 aromatic rings. The predicted molar refractivity (Wildman–Crippen MR) is 223 cm³/mol. The van der Waals surface area contributed by atoms with Crippen molar-refractivity contribution in [1.29, 1.82) is 0 Å². The van der Waals surface area contributed by atoms with Gasteiger partial charge < -0.3 is 42.8 Å². The van der Waals surface area contributed by atoms with Crippen molar-refractivity contribution in [3.8, 4) is 11.5 Å². The molecule has 1 amide bonds. The highest BCUT2D eigenvalue weighted by molar-refractivity contribution is 6.60. The van der Waals surface area contributed by atoms with Gasteiger partial charge in [0.25, 0.3) is 0 Å². The smallest absolute Gasteiger partial charge is 0.478 e. The van der Waals surface area contributed by atoms with Crippen LogP contribution in [0.25, 0.3) is 5.57 Å². The number of carbonyl (C=O) groups is 3. The lowest BCUT2D eigenvalue weighted by molar-refractivity contribution is 0.0400. The average molecular weight is 827 g/mol. The number of ether oxygens (including phenoxy) is 3. The number of hydrogen-bond acceptors (Lipinski definition) is 10. The quantitative estimate of drug-likeness (QED) is 0.0671. The summed E-state index contributed by atoms with van der Waals surface area (Å²) in [6, 6.07) is 9.75. The minimum Gasteiger partial charge on any atom is -0.478 e. The van der Waals surface area contributed by atoms with E-state index >= 15 is 0 Å². The summed E-state index contributed by atoms with van der Waals surface area (Å²) in [4.78, 5) is 41.6. The van der Waals surface area contributed by atoms with Gasteiger partial charge in [-0.15, -0.1) is 0 Å². The molecular weight excluding hydrogens is 771 g/mol. The van der Waals surface area contributed by atoms with Crippen LogP contribution in [0.2, 0.25) is 6.04 Å². The van der Waals surface area contributed by atoms with Crippen molar-refractivity contribution in [3.63, 3.8) is 0 Å². The molecule has 13 nitrogen and oxygen atoms in total. The average Bonchev–Trinajstić information content (AvgIpc) is 3.24. The van der Waals surface area contributed by atoms with Crippen LogP contribution in [-0.4, -0.2) is 97.7 Å². The van der Waals surface area contributed by atoms with Crippen LogP contribution in [0.15, 0.2) is 30.3 Å². The molecule has 0 atom stereocenters. The Hall–Kier alpha value is -4.76. The lowest BCUT2D eigenvalue weighted by atomic mass is 9.81. The molecule has 5 aliphatic heterocycles. The zero-order valence-corrected chi connectivity index (χ0v) is 35.5. The van der Waals surface area contributed by atoms with Gasteiger partial charge in [0.1, 0.15) is 37.8 Å². The molecule has 0 unspecified atom stereocenters. The van der Waals surface area contributed by atoms with Gasteiger partial charge in [0.05, 0.1) is 16.7 Å². The first-order valence-corrected chi connectivity index (χ1v) is 23.5. The summed E-state index contributed by atoms with van der Waals surface area (Å²) in [5.41, 5.74) is 8.74. The third-order valence-corrected chi connectivity index (χ3v) is 15.2. The number of aromatic carboxylic acids is 1. The van der Waals surface area contributed by atoms with Crippen molar-refractivity contribution < 1.29 is 47.0 Å². The van der Waals surface area contributed by atoms with Crippen molar-refractivity contribution in [3.05, 3.63) is 85.4 Å². The van der Waals surface area contributed by atoms with Crippen LogP contribution in [0.3, 0.4) is 0 Å². The highest BCUT2D eigenvalue weighted by atomic mass is 28.4. The molecule has 3 aromatic carbocycles. The molecule has 0 fully saturated rings. The van der Waals surface area contributed by atoms with E-state index in [4.69, 9.17) is 27.5 Å². The Morgan fingerprint density at radius 2 is 1.51 bits per heavy atom. The van der Waals surface area contributed by atoms with E-state index in [1.54, 1.807) is 12.1 Å². The summed E-state index contributed by atoms with van der Waals surface area (Å²) in [6.07, 6.45) is 7.81. The minimum atomic E-state index is -2.83. The van der Waals surface area contributed by atoms with Crippen LogP contribution in [0.4, 0.5) is 10.5 Å². The van der Waals surface area contributed by atoms with Crippen molar-refractivity contribution in [2.45, 2.75) is 84.6 Å². The van der Waals surface area contributed by atoms with Crippen LogP contribution in [0.5, 0.6) is 11.5 Å². The van der Waals surface area contributed by atoms with Crippen molar-refractivity contribution >= 4 is 38.1 Å². The van der Waals surface area contributed by atoms with Gasteiger partial charge in [-0.2, -0.15) is 0 Å². The number of benzene rings is 3. The number of hydrogen-bond donors (Lipinski definition) is 2. The molecule has 0 radical (unpaired) electrons. The number of nitrogens with zero attached hydrogens (tertiary/aromatic N) is 2. The van der Waals surface area contributed by atoms with E-state index in [-0.39, 0.29) is 24.3 Å². The van der Waals surface area contributed by atoms with Crippen molar-refractivity contribution in [2.24, 2.45) is 0 Å². The lowest BCUT2D eigenvalue weighted by Crippen LogP contribution is -2.46. The highest BCUT2D eigenvalue weighted by Gasteiger charge is 2.40. The van der Waals surface area contributed by atoms with Crippen LogP contribution in [0.1, 0.15) is 107 Å². The highest BCUT2D eigenvalue weighted by Crippen LogP contribution is 2.49. The molecular formula is C45H56N3O10Si+. The van der Waals surface area contributed by atoms with Gasteiger partial charge in [-0.05, 0) is 101 Å². The summed E-state index contributed by atoms with van der Waals surface area (Å²) in [7, 11) is -2.83. The lowest BCUT2D eigenvalue weighted by Gasteiger charge is -2.39. The largest absolute Gasteiger partial charge is 0.500 e. The molecule has 14 heteroatoms. The van der Waals surface area contributed by atoms with Gasteiger partial charge in [0, 0.05) is 91.5 Å². The van der Waals surface area contributed by atoms with E-state index in [1.165, 1.54) is 39.4 Å². The number of carboxylic acid groups (broad SMARTS) is 1. The molecule has 0 bridgehead atoms. The van der Waals surface area contributed by atoms with Crippen LogP contribution in [0, 0.1) is 0 Å². The fourth-order valence-electron chi connectivity index (χ4n) is 9.76. The molecule has 0 aromatic heterocycles. The maximum absolute atomic E-state index is 14.2. The first kappa shape index (κ1) is 41.0. The third kappa shape index (κ3) is 8.11. The standard InChI is InChI=1S/C45H55N3O10Si/c1-4-55-59(56-5-2,57-6-3)25-11-18-46-45(52)54-24-23-53-44(51)35-28-31(43(49)50)16-17-32(35)38-36-26-29-12-7-19-47-21-9-14-33(39(29)47)41(36)58-42-34-15-10-22-48-20-8-13-30(40(34)48)27-37(38)42/h16-17,26-28H,4-15,18-25H2,1-3H3,(H-,46,49,50,52)/p+1. The van der Waals surface area contributed by atoms with Gasteiger partial charge in [-0.25, -0.2) is 19.0 Å². The number of carbonyl (C=O) groups excluding carboxylic acids is 2. The second kappa shape index (κ2) is 17.8. The maximum atomic E-state index is 14.2. The molecule has 0 aliphatic carbocycles. The Bertz CT molecular complexity index is 2250. The van der Waals surface area contributed by atoms with Crippen LogP contribution in [-0.2, 0) is 48.4 Å². The second-order valence-corrected chi connectivity index (χ2v) is 18.4. The normalized spacial score (nSPS) is 16.3. The molecule has 5 heterocycles. The first-order chi connectivity index (χ1) is 28.8. The second-order valence-electron chi connectivity index (χ2n) is 15.7. The molecule has 0 saturated heterocycles. The maximum Gasteiger partial charge on any atom is 0.500 e. The van der Waals surface area contributed by atoms with Crippen LogP contribution < -0.4 is 30.1 Å². The minimum absolute atomic E-state index is 0.0260. The van der Waals surface area contributed by atoms with E-state index in [9.17, 15) is 19.5 Å². The monoisotopic (exact) mass is 826 g/mol. The van der Waals surface area contributed by atoms with E-state index < -0.39 is 26.8 Å². The zero-order chi connectivity index (χ0) is 41.1. The topological polar surface area (TPSA) is 145 Å². The SMILES string of the molecule is CCO[Si](CCCNC(=O)OCCOC(=O)c1cc(C(=O)O)ccc1C1=c2cc3c4c(c2Oc2c1cc1c5c2CCCN5CCC1)CCC[N+]=4CCC3)(OCC)OCC. The number of amides is 1. The molecule has 0 saturated carbocycles.